The molecule has 0 atom stereocenters. The van der Waals surface area contributed by atoms with Crippen molar-refractivity contribution in [2.24, 2.45) is 11.8 Å². The minimum atomic E-state index is 0.430. The lowest BCUT2D eigenvalue weighted by atomic mass is 9.80. The number of ether oxygens (including phenoxy) is 1. The molecule has 1 fully saturated rings. The summed E-state index contributed by atoms with van der Waals surface area (Å²) in [5.41, 5.74) is 0. The molecule has 1 aliphatic rings. The normalized spacial score (nSPS) is 22.2. The summed E-state index contributed by atoms with van der Waals surface area (Å²) in [4.78, 5) is 0. The first-order chi connectivity index (χ1) is 10.2. The third-order valence-corrected chi connectivity index (χ3v) is 4.88. The zero-order valence-electron chi connectivity index (χ0n) is 13.0. The second-order valence-electron chi connectivity index (χ2n) is 6.34. The summed E-state index contributed by atoms with van der Waals surface area (Å²) in [7, 11) is 0. The summed E-state index contributed by atoms with van der Waals surface area (Å²) in [6, 6.07) is 5.18. The summed E-state index contributed by atoms with van der Waals surface area (Å²) in [6.45, 7) is 3.03. The van der Waals surface area contributed by atoms with Crippen LogP contribution in [-0.4, -0.2) is 11.7 Å². The number of hydrogen-bond acceptors (Lipinski definition) is 1. The van der Waals surface area contributed by atoms with Crippen molar-refractivity contribution in [3.63, 3.8) is 0 Å². The van der Waals surface area contributed by atoms with E-state index in [-0.39, 0.29) is 0 Å². The summed E-state index contributed by atoms with van der Waals surface area (Å²) >= 11 is 6.10. The molecule has 2 N–H and O–H groups in total. The Hall–Kier alpha value is -0.890. The predicted molar refractivity (Wildman–Crippen MR) is 89.6 cm³/mol. The molecule has 1 aromatic rings. The minimum absolute atomic E-state index is 0.430. The fourth-order valence-electron chi connectivity index (χ4n) is 3.20. The van der Waals surface area contributed by atoms with E-state index in [2.05, 4.69) is 6.92 Å². The highest BCUT2D eigenvalue weighted by atomic mass is 35.5. The lowest BCUT2D eigenvalue weighted by Crippen LogP contribution is -2.20. The van der Waals surface area contributed by atoms with Gasteiger partial charge in [0.1, 0.15) is 5.75 Å². The average molecular weight is 312 g/mol. The van der Waals surface area contributed by atoms with Crippen molar-refractivity contribution in [2.45, 2.75) is 58.3 Å². The van der Waals surface area contributed by atoms with Gasteiger partial charge in [0.2, 0.25) is 0 Å². The first-order valence-corrected chi connectivity index (χ1v) is 8.70. The Morgan fingerprint density at radius 1 is 1.14 bits per heavy atom. The summed E-state index contributed by atoms with van der Waals surface area (Å²) < 4.78 is 5.85. The van der Waals surface area contributed by atoms with Crippen LogP contribution in [0.3, 0.4) is 0 Å². The molecule has 2 nitrogen and oxygen atoms in total. The molecule has 118 valence electrons. The van der Waals surface area contributed by atoms with Crippen LogP contribution in [-0.2, 0) is 0 Å². The van der Waals surface area contributed by atoms with E-state index in [9.17, 15) is 0 Å². The molecule has 21 heavy (non-hydrogen) atoms. The first-order valence-electron chi connectivity index (χ1n) is 8.33. The first kappa shape index (κ1) is 16.5. The maximum Gasteiger partial charge on any atom is 0.255 e. The van der Waals surface area contributed by atoms with Crippen molar-refractivity contribution in [2.75, 3.05) is 6.61 Å². The van der Waals surface area contributed by atoms with E-state index in [4.69, 9.17) is 21.4 Å². The van der Waals surface area contributed by atoms with Gasteiger partial charge in [0.05, 0.1) is 17.7 Å². The molecule has 2 rings (SSSR count). The molecule has 1 saturated carbocycles. The topological polar surface area (TPSA) is 32.1 Å². The monoisotopic (exact) mass is 311 g/mol. The van der Waals surface area contributed by atoms with E-state index in [1.165, 1.54) is 51.4 Å². The second kappa shape index (κ2) is 8.53. The number of hydrogen-bond donors (Lipinski definition) is 0. The van der Waals surface area contributed by atoms with Crippen molar-refractivity contribution in [3.05, 3.63) is 23.2 Å². The third-order valence-electron chi connectivity index (χ3n) is 4.59. The van der Waals surface area contributed by atoms with E-state index < -0.39 is 0 Å². The Labute approximate surface area is 133 Å². The molecule has 0 spiro atoms. The fraction of sp³-hybridized carbons (Fsp3) is 0.667. The van der Waals surface area contributed by atoms with Crippen LogP contribution in [0.4, 0.5) is 0 Å². The SMILES string of the molecule is CCCCCC1CCC(COc2ccc([OH2+])cc2Cl)CC1. The van der Waals surface area contributed by atoms with Crippen LogP contribution < -0.4 is 4.74 Å². The number of unbranched alkanes of at least 4 members (excludes halogenated alkanes) is 2. The van der Waals surface area contributed by atoms with Crippen LogP contribution in [0.25, 0.3) is 0 Å². The molecule has 3 heteroatoms. The smallest absolute Gasteiger partial charge is 0.255 e. The van der Waals surface area contributed by atoms with E-state index in [1.54, 1.807) is 18.2 Å². The Kier molecular flexibility index (Phi) is 6.69. The van der Waals surface area contributed by atoms with Gasteiger partial charge in [-0.3, -0.25) is 0 Å². The van der Waals surface area contributed by atoms with Crippen LogP contribution in [0.5, 0.6) is 11.5 Å². The maximum absolute atomic E-state index is 7.51. The zero-order chi connectivity index (χ0) is 15.1. The molecule has 0 heterocycles. The Bertz CT molecular complexity index is 425. The van der Waals surface area contributed by atoms with Gasteiger partial charge in [-0.15, -0.1) is 0 Å². The van der Waals surface area contributed by atoms with E-state index in [1.807, 2.05) is 0 Å². The Morgan fingerprint density at radius 2 is 1.86 bits per heavy atom. The maximum atomic E-state index is 7.51. The lowest BCUT2D eigenvalue weighted by Gasteiger charge is -2.28. The van der Waals surface area contributed by atoms with Crippen molar-refractivity contribution in [1.82, 2.24) is 0 Å². The van der Waals surface area contributed by atoms with Gasteiger partial charge in [-0.25, -0.2) is 0 Å². The van der Waals surface area contributed by atoms with Crippen LogP contribution in [0.1, 0.15) is 58.3 Å². The van der Waals surface area contributed by atoms with Gasteiger partial charge in [-0.1, -0.05) is 57.0 Å². The summed E-state index contributed by atoms with van der Waals surface area (Å²) in [6.07, 6.45) is 10.8. The van der Waals surface area contributed by atoms with Crippen LogP contribution in [0, 0.1) is 11.8 Å². The molecule has 0 amide bonds. The van der Waals surface area contributed by atoms with Gasteiger partial charge >= 0.3 is 0 Å². The minimum Gasteiger partial charge on any atom is -0.593 e. The third kappa shape index (κ3) is 5.43. The molecule has 0 aromatic heterocycles. The highest BCUT2D eigenvalue weighted by molar-refractivity contribution is 6.32. The Morgan fingerprint density at radius 3 is 2.52 bits per heavy atom. The van der Waals surface area contributed by atoms with E-state index in [0.717, 1.165) is 18.3 Å². The van der Waals surface area contributed by atoms with Crippen molar-refractivity contribution < 1.29 is 9.84 Å². The zero-order valence-corrected chi connectivity index (χ0v) is 13.8. The van der Waals surface area contributed by atoms with Gasteiger partial charge in [0, 0.05) is 6.07 Å². The van der Waals surface area contributed by atoms with Crippen LogP contribution in [0.2, 0.25) is 5.02 Å². The Balaban J connectivity index is 1.69. The molecule has 0 saturated heterocycles. The number of rotatable bonds is 7. The quantitative estimate of drug-likeness (QED) is 0.480. The van der Waals surface area contributed by atoms with Gasteiger partial charge in [0.15, 0.2) is 0 Å². The lowest BCUT2D eigenvalue weighted by molar-refractivity contribution is 0.177. The molecule has 0 aliphatic heterocycles. The highest BCUT2D eigenvalue weighted by Gasteiger charge is 2.21. The predicted octanol–water partition coefficient (Wildman–Crippen LogP) is 5.54. The van der Waals surface area contributed by atoms with Gasteiger partial charge in [-0.2, -0.15) is 0 Å². The van der Waals surface area contributed by atoms with E-state index >= 15 is 0 Å². The summed E-state index contributed by atoms with van der Waals surface area (Å²) in [5.74, 6) is 2.76. The van der Waals surface area contributed by atoms with Gasteiger partial charge in [-0.05, 0) is 30.7 Å². The molecular weight excluding hydrogens is 284 g/mol. The molecular formula is C18H28ClO2+. The molecule has 0 unspecified atom stereocenters. The molecule has 1 aromatic carbocycles. The van der Waals surface area contributed by atoms with Crippen molar-refractivity contribution >= 4 is 11.6 Å². The second-order valence-corrected chi connectivity index (χ2v) is 6.75. The van der Waals surface area contributed by atoms with Crippen molar-refractivity contribution in [3.8, 4) is 11.5 Å². The largest absolute Gasteiger partial charge is 0.593 e. The molecule has 1 aliphatic carbocycles. The molecule has 0 bridgehead atoms. The van der Waals surface area contributed by atoms with Gasteiger partial charge < -0.3 is 9.84 Å². The standard InChI is InChI=1S/C18H27ClO2/c1-2-3-4-5-14-6-8-15(9-7-14)13-21-18-11-10-16(20)12-17(18)19/h10-12,14-15,20H,2-9,13H2,1H3/p+1. The fourth-order valence-corrected chi connectivity index (χ4v) is 3.43. The van der Waals surface area contributed by atoms with Crippen LogP contribution in [0.15, 0.2) is 18.2 Å². The summed E-state index contributed by atoms with van der Waals surface area (Å²) in [5, 5.41) is 8.06. The number of halogens is 1. The van der Waals surface area contributed by atoms with Crippen LogP contribution >= 0.6 is 11.6 Å². The molecule has 0 radical (unpaired) electrons. The van der Waals surface area contributed by atoms with Gasteiger partial charge in [0.25, 0.3) is 5.75 Å². The highest BCUT2D eigenvalue weighted by Crippen LogP contribution is 2.34. The van der Waals surface area contributed by atoms with Crippen molar-refractivity contribution in [1.29, 1.82) is 0 Å². The van der Waals surface area contributed by atoms with E-state index in [0.29, 0.717) is 16.7 Å². The number of benzene rings is 1. The average Bonchev–Trinajstić information content (AvgIpc) is 2.48.